The third-order valence-corrected chi connectivity index (χ3v) is 9.04. The number of aliphatic hydroxyl groups excluding tert-OH is 3. The number of nitrogens with one attached hydrogen (secondary N) is 1. The maximum atomic E-state index is 13.9. The number of aliphatic hydroxyl groups is 4. The molecule has 3 aromatic carbocycles. The summed E-state index contributed by atoms with van der Waals surface area (Å²) >= 11 is 0. The van der Waals surface area contributed by atoms with E-state index < -0.39 is 61.3 Å². The molecule has 2 amide bonds. The molecule has 5 atom stereocenters. The SMILES string of the molecule is CC1(C)Oc2cc3[nH]c4c(c5c(c6c7cc(O)ccc7n(C7OC(CO)C(O)C8OC87O)c46)C(=O)N(CO)C5=O)c3cc2O1. The number of imide groups is 1. The first kappa shape index (κ1) is 26.0. The number of phenolic OH excluding ortho intramolecular Hbond substituents is 1. The van der Waals surface area contributed by atoms with Crippen LogP contribution in [0.5, 0.6) is 17.2 Å². The van der Waals surface area contributed by atoms with Crippen molar-refractivity contribution in [3.05, 3.63) is 41.5 Å². The van der Waals surface area contributed by atoms with Gasteiger partial charge in [0.15, 0.2) is 17.7 Å². The molecule has 5 aromatic rings. The summed E-state index contributed by atoms with van der Waals surface area (Å²) in [4.78, 5) is 31.8. The van der Waals surface area contributed by atoms with Gasteiger partial charge in [-0.15, -0.1) is 0 Å². The summed E-state index contributed by atoms with van der Waals surface area (Å²) in [6, 6.07) is 7.86. The fourth-order valence-corrected chi connectivity index (χ4v) is 7.18. The Morgan fingerprint density at radius 2 is 1.68 bits per heavy atom. The topological polar surface area (TPSA) is 199 Å². The highest BCUT2D eigenvalue weighted by Crippen LogP contribution is 2.55. The molecule has 4 aliphatic heterocycles. The maximum absolute atomic E-state index is 13.9. The van der Waals surface area contributed by atoms with Crippen LogP contribution in [0.1, 0.15) is 40.8 Å². The highest BCUT2D eigenvalue weighted by atomic mass is 16.8. The van der Waals surface area contributed by atoms with Crippen molar-refractivity contribution in [3.63, 3.8) is 0 Å². The Kier molecular flexibility index (Phi) is 4.72. The summed E-state index contributed by atoms with van der Waals surface area (Å²) in [5.41, 5.74) is 1.68. The van der Waals surface area contributed by atoms with E-state index in [1.165, 1.54) is 12.1 Å². The number of ether oxygens (including phenoxy) is 4. The van der Waals surface area contributed by atoms with Gasteiger partial charge in [-0.1, -0.05) is 0 Å². The fraction of sp³-hybridized carbons (Fsp3) is 0.333. The van der Waals surface area contributed by atoms with Gasteiger partial charge in [0.2, 0.25) is 11.6 Å². The van der Waals surface area contributed by atoms with Crippen molar-refractivity contribution in [1.82, 2.24) is 14.5 Å². The lowest BCUT2D eigenvalue weighted by Crippen LogP contribution is -2.50. The Balaban J connectivity index is 1.47. The molecular weight excluding hydrogens is 578 g/mol. The second-order valence-electron chi connectivity index (χ2n) is 12.0. The molecule has 44 heavy (non-hydrogen) atoms. The van der Waals surface area contributed by atoms with Crippen LogP contribution in [0.4, 0.5) is 0 Å². The van der Waals surface area contributed by atoms with Gasteiger partial charge in [0.25, 0.3) is 11.8 Å². The van der Waals surface area contributed by atoms with Crippen molar-refractivity contribution in [3.8, 4) is 17.2 Å². The first-order valence-corrected chi connectivity index (χ1v) is 14.0. The number of epoxide rings is 1. The lowest BCUT2D eigenvalue weighted by atomic mass is 9.96. The van der Waals surface area contributed by atoms with Crippen LogP contribution in [0.3, 0.4) is 0 Å². The number of hydrogen-bond acceptors (Lipinski definition) is 11. The van der Waals surface area contributed by atoms with E-state index in [0.29, 0.717) is 49.7 Å². The van der Waals surface area contributed by atoms with E-state index in [1.807, 2.05) is 0 Å². The number of carbonyl (C=O) groups excluding carboxylic acids is 2. The summed E-state index contributed by atoms with van der Waals surface area (Å²) in [6.45, 7) is 2.09. The van der Waals surface area contributed by atoms with E-state index in [-0.39, 0.29) is 22.3 Å². The lowest BCUT2D eigenvalue weighted by Gasteiger charge is -2.34. The zero-order valence-corrected chi connectivity index (χ0v) is 23.2. The summed E-state index contributed by atoms with van der Waals surface area (Å²) in [5.74, 6) is -3.61. The predicted octanol–water partition coefficient (Wildman–Crippen LogP) is 1.53. The Morgan fingerprint density at radius 3 is 2.39 bits per heavy atom. The number of nitrogens with zero attached hydrogens (tertiary/aromatic N) is 2. The zero-order chi connectivity index (χ0) is 30.6. The second kappa shape index (κ2) is 7.98. The number of rotatable bonds is 3. The highest BCUT2D eigenvalue weighted by Gasteiger charge is 2.71. The molecule has 226 valence electrons. The van der Waals surface area contributed by atoms with Gasteiger partial charge < -0.3 is 54.0 Å². The number of aromatic amines is 1. The van der Waals surface area contributed by atoms with E-state index in [4.69, 9.17) is 18.9 Å². The number of phenols is 1. The highest BCUT2D eigenvalue weighted by molar-refractivity contribution is 6.39. The van der Waals surface area contributed by atoms with Crippen molar-refractivity contribution in [1.29, 1.82) is 0 Å². The summed E-state index contributed by atoms with van der Waals surface area (Å²) in [7, 11) is 0. The molecule has 9 rings (SSSR count). The Hall–Kier alpha value is -4.44. The first-order chi connectivity index (χ1) is 21.0. The third kappa shape index (κ3) is 2.99. The number of carbonyl (C=O) groups is 2. The van der Waals surface area contributed by atoms with Crippen molar-refractivity contribution in [2.75, 3.05) is 13.3 Å². The summed E-state index contributed by atoms with van der Waals surface area (Å²) in [6.07, 6.45) is -4.81. The van der Waals surface area contributed by atoms with E-state index in [1.54, 1.807) is 36.6 Å². The van der Waals surface area contributed by atoms with E-state index in [0.717, 1.165) is 4.90 Å². The molecule has 0 radical (unpaired) electrons. The zero-order valence-electron chi connectivity index (χ0n) is 23.2. The van der Waals surface area contributed by atoms with Gasteiger partial charge in [-0.25, -0.2) is 0 Å². The van der Waals surface area contributed by atoms with Crippen LogP contribution in [-0.4, -0.2) is 95.0 Å². The van der Waals surface area contributed by atoms with Gasteiger partial charge in [-0.2, -0.15) is 0 Å². The summed E-state index contributed by atoms with van der Waals surface area (Å²) < 4.78 is 25.2. The molecule has 2 saturated heterocycles. The fourth-order valence-electron chi connectivity index (χ4n) is 7.18. The largest absolute Gasteiger partial charge is 0.508 e. The molecule has 0 spiro atoms. The standard InChI is InChI=1S/C30H25N3O11/c1-29(2)42-15-6-11-13(7-16(15)43-29)31-22-18(11)20-21(27(39)32(9-35)26(20)38)19-12-5-10(36)3-4-14(12)33(23(19)22)28-30(40)25(44-30)24(37)17(8-34)41-28/h3-7,17,24-25,28,31,34-37,40H,8-9H2,1-2H3. The molecule has 4 aliphatic rings. The number of aromatic hydroxyl groups is 1. The summed E-state index contributed by atoms with van der Waals surface area (Å²) in [5, 5.41) is 54.2. The second-order valence-corrected chi connectivity index (χ2v) is 12.0. The molecule has 6 N–H and O–H groups in total. The molecule has 6 heterocycles. The minimum absolute atomic E-state index is 0.00500. The molecule has 14 nitrogen and oxygen atoms in total. The average Bonchev–Trinajstić information content (AvgIpc) is 3.16. The quantitative estimate of drug-likeness (QED) is 0.129. The number of aromatic nitrogens is 2. The Labute approximate surface area is 246 Å². The minimum Gasteiger partial charge on any atom is -0.508 e. The number of H-pyrrole nitrogens is 1. The van der Waals surface area contributed by atoms with Crippen molar-refractivity contribution in [2.24, 2.45) is 0 Å². The molecule has 0 saturated carbocycles. The monoisotopic (exact) mass is 603 g/mol. The number of amides is 2. The van der Waals surface area contributed by atoms with E-state index >= 15 is 0 Å². The van der Waals surface area contributed by atoms with Gasteiger partial charge in [0.1, 0.15) is 30.8 Å². The molecule has 14 heteroatoms. The van der Waals surface area contributed by atoms with E-state index in [9.17, 15) is 35.1 Å². The maximum Gasteiger partial charge on any atom is 0.264 e. The number of hydrogen-bond donors (Lipinski definition) is 6. The predicted molar refractivity (Wildman–Crippen MR) is 150 cm³/mol. The molecule has 2 fully saturated rings. The van der Waals surface area contributed by atoms with Crippen LogP contribution < -0.4 is 9.47 Å². The molecule has 2 aromatic heterocycles. The lowest BCUT2D eigenvalue weighted by molar-refractivity contribution is -0.209. The van der Waals surface area contributed by atoms with Crippen LogP contribution >= 0.6 is 0 Å². The molecule has 0 bridgehead atoms. The van der Waals surface area contributed by atoms with Gasteiger partial charge in [-0.3, -0.25) is 14.5 Å². The Morgan fingerprint density at radius 1 is 0.977 bits per heavy atom. The van der Waals surface area contributed by atoms with Gasteiger partial charge in [-0.05, 0) is 24.3 Å². The average molecular weight is 604 g/mol. The van der Waals surface area contributed by atoms with Crippen molar-refractivity contribution >= 4 is 55.4 Å². The Bertz CT molecular complexity index is 2160. The smallest absolute Gasteiger partial charge is 0.264 e. The first-order valence-electron chi connectivity index (χ1n) is 14.0. The molecule has 5 unspecified atom stereocenters. The van der Waals surface area contributed by atoms with E-state index in [2.05, 4.69) is 4.98 Å². The van der Waals surface area contributed by atoms with Crippen LogP contribution in [-0.2, 0) is 9.47 Å². The van der Waals surface area contributed by atoms with Gasteiger partial charge >= 0.3 is 0 Å². The van der Waals surface area contributed by atoms with Gasteiger partial charge in [0.05, 0.1) is 39.8 Å². The molecule has 0 aliphatic carbocycles. The van der Waals surface area contributed by atoms with Crippen LogP contribution in [0.15, 0.2) is 30.3 Å². The van der Waals surface area contributed by atoms with Crippen molar-refractivity contribution < 1.29 is 54.1 Å². The van der Waals surface area contributed by atoms with Crippen LogP contribution in [0.2, 0.25) is 0 Å². The number of fused-ring (bicyclic) bond motifs is 12. The van der Waals surface area contributed by atoms with Crippen molar-refractivity contribution in [2.45, 2.75) is 50.0 Å². The third-order valence-electron chi connectivity index (χ3n) is 9.04. The minimum atomic E-state index is -2.00. The van der Waals surface area contributed by atoms with Crippen LogP contribution in [0.25, 0.3) is 43.6 Å². The normalized spacial score (nSPS) is 28.5. The molecular formula is C30H25N3O11. The van der Waals surface area contributed by atoms with Gasteiger partial charge in [0, 0.05) is 41.5 Å². The number of benzene rings is 3. The van der Waals surface area contributed by atoms with Crippen LogP contribution in [0, 0.1) is 0 Å².